The van der Waals surface area contributed by atoms with Crippen molar-refractivity contribution in [3.63, 3.8) is 0 Å². The van der Waals surface area contributed by atoms with Gasteiger partial charge in [0, 0.05) is 5.56 Å². The van der Waals surface area contributed by atoms with Gasteiger partial charge in [-0.05, 0) is 28.1 Å². The Labute approximate surface area is 115 Å². The number of methoxy groups -OCH3 is 1. The number of benzene rings is 1. The van der Waals surface area contributed by atoms with Crippen molar-refractivity contribution in [1.82, 2.24) is 0 Å². The van der Waals surface area contributed by atoms with Gasteiger partial charge in [0.1, 0.15) is 12.9 Å². The summed E-state index contributed by atoms with van der Waals surface area (Å²) in [5.41, 5.74) is 0.350. The average Bonchev–Trinajstić information content (AvgIpc) is 2.34. The van der Waals surface area contributed by atoms with Gasteiger partial charge in [-0.1, -0.05) is 0 Å². The third-order valence-electron chi connectivity index (χ3n) is 1.98. The van der Waals surface area contributed by atoms with Crippen molar-refractivity contribution in [3.05, 3.63) is 22.2 Å². The van der Waals surface area contributed by atoms with Crippen LogP contribution in [0.1, 0.15) is 10.4 Å². The number of rotatable bonds is 6. The standard InChI is InChI=1S/C11H10BrF3O4/c1-17-9-5-7(6-16)4-8(12)10(9)18-2-3-19-11(13,14)15/h4-6H,2-3H2,1H3. The van der Waals surface area contributed by atoms with Gasteiger partial charge in [-0.3, -0.25) is 9.53 Å². The molecule has 0 saturated heterocycles. The van der Waals surface area contributed by atoms with E-state index in [0.717, 1.165) is 0 Å². The number of hydrogen-bond donors (Lipinski definition) is 0. The van der Waals surface area contributed by atoms with Crippen LogP contribution in [0.3, 0.4) is 0 Å². The molecule has 0 N–H and O–H groups in total. The Hall–Kier alpha value is -1.28. The quantitative estimate of drug-likeness (QED) is 0.588. The minimum atomic E-state index is -4.69. The van der Waals surface area contributed by atoms with Gasteiger partial charge in [0.2, 0.25) is 0 Å². The highest BCUT2D eigenvalue weighted by atomic mass is 79.9. The monoisotopic (exact) mass is 342 g/mol. The Balaban J connectivity index is 2.70. The molecule has 1 aromatic rings. The summed E-state index contributed by atoms with van der Waals surface area (Å²) in [6, 6.07) is 2.88. The molecule has 8 heteroatoms. The summed E-state index contributed by atoms with van der Waals surface area (Å²) in [5, 5.41) is 0. The lowest BCUT2D eigenvalue weighted by Gasteiger charge is -2.13. The van der Waals surface area contributed by atoms with Crippen molar-refractivity contribution in [2.45, 2.75) is 6.36 Å². The lowest BCUT2D eigenvalue weighted by molar-refractivity contribution is -0.325. The van der Waals surface area contributed by atoms with Gasteiger partial charge in [0.05, 0.1) is 18.2 Å². The fourth-order valence-electron chi connectivity index (χ4n) is 1.25. The van der Waals surface area contributed by atoms with E-state index in [2.05, 4.69) is 20.7 Å². The van der Waals surface area contributed by atoms with Crippen LogP contribution >= 0.6 is 15.9 Å². The molecule has 0 saturated carbocycles. The van der Waals surface area contributed by atoms with Crippen LogP contribution in [0.25, 0.3) is 0 Å². The van der Waals surface area contributed by atoms with Crippen molar-refractivity contribution in [2.24, 2.45) is 0 Å². The minimum Gasteiger partial charge on any atom is -0.493 e. The van der Waals surface area contributed by atoms with E-state index in [1.807, 2.05) is 0 Å². The molecule has 1 aromatic carbocycles. The summed E-state index contributed by atoms with van der Waals surface area (Å²) < 4.78 is 49.4. The van der Waals surface area contributed by atoms with Gasteiger partial charge < -0.3 is 9.47 Å². The highest BCUT2D eigenvalue weighted by Crippen LogP contribution is 2.36. The topological polar surface area (TPSA) is 44.8 Å². The van der Waals surface area contributed by atoms with E-state index in [0.29, 0.717) is 16.3 Å². The van der Waals surface area contributed by atoms with Crippen LogP contribution < -0.4 is 9.47 Å². The smallest absolute Gasteiger partial charge is 0.493 e. The number of hydrogen-bond acceptors (Lipinski definition) is 4. The number of carbonyl (C=O) groups excluding carboxylic acids is 1. The molecule has 0 atom stereocenters. The lowest BCUT2D eigenvalue weighted by atomic mass is 10.2. The van der Waals surface area contributed by atoms with Gasteiger partial charge in [0.15, 0.2) is 11.5 Å². The maximum Gasteiger partial charge on any atom is 0.522 e. The first-order chi connectivity index (χ1) is 8.87. The summed E-state index contributed by atoms with van der Waals surface area (Å²) in [6.07, 6.45) is -4.07. The predicted octanol–water partition coefficient (Wildman–Crippen LogP) is 3.19. The number of carbonyl (C=O) groups is 1. The van der Waals surface area contributed by atoms with E-state index in [1.54, 1.807) is 0 Å². The maximum atomic E-state index is 11.8. The molecule has 0 aromatic heterocycles. The zero-order valence-corrected chi connectivity index (χ0v) is 11.4. The minimum absolute atomic E-state index is 0.207. The molecule has 0 unspecified atom stereocenters. The predicted molar refractivity (Wildman–Crippen MR) is 63.6 cm³/mol. The number of halogens is 4. The van der Waals surface area contributed by atoms with Gasteiger partial charge >= 0.3 is 6.36 Å². The Morgan fingerprint density at radius 1 is 1.32 bits per heavy atom. The normalized spacial score (nSPS) is 11.2. The van der Waals surface area contributed by atoms with Crippen LogP contribution in [-0.2, 0) is 4.74 Å². The summed E-state index contributed by atoms with van der Waals surface area (Å²) in [7, 11) is 1.36. The zero-order valence-electron chi connectivity index (χ0n) is 9.79. The van der Waals surface area contributed by atoms with Crippen LogP contribution in [0, 0.1) is 0 Å². The Morgan fingerprint density at radius 2 is 2.00 bits per heavy atom. The van der Waals surface area contributed by atoms with Gasteiger partial charge in [0.25, 0.3) is 0 Å². The molecule has 0 radical (unpaired) electrons. The second-order valence-corrected chi connectivity index (χ2v) is 4.15. The Morgan fingerprint density at radius 3 is 2.53 bits per heavy atom. The van der Waals surface area contributed by atoms with Crippen molar-refractivity contribution in [1.29, 1.82) is 0 Å². The summed E-state index contributed by atoms with van der Waals surface area (Å²) in [4.78, 5) is 10.6. The molecule has 0 spiro atoms. The summed E-state index contributed by atoms with van der Waals surface area (Å²) in [6.45, 7) is -0.955. The average molecular weight is 343 g/mol. The molecule has 0 heterocycles. The van der Waals surface area contributed by atoms with E-state index in [4.69, 9.17) is 9.47 Å². The van der Waals surface area contributed by atoms with Gasteiger partial charge in [-0.15, -0.1) is 13.2 Å². The molecule has 0 amide bonds. The molecule has 106 valence electrons. The number of alkyl halides is 3. The second kappa shape index (κ2) is 6.76. The van der Waals surface area contributed by atoms with Gasteiger partial charge in [-0.25, -0.2) is 0 Å². The molecule has 0 aliphatic carbocycles. The highest BCUT2D eigenvalue weighted by Gasteiger charge is 2.28. The molecule has 0 aliphatic rings. The maximum absolute atomic E-state index is 11.8. The van der Waals surface area contributed by atoms with Crippen molar-refractivity contribution < 1.29 is 32.2 Å². The SMILES string of the molecule is COc1cc(C=O)cc(Br)c1OCCOC(F)(F)F. The van der Waals surface area contributed by atoms with Crippen LogP contribution in [0.5, 0.6) is 11.5 Å². The number of aldehydes is 1. The van der Waals surface area contributed by atoms with E-state index >= 15 is 0 Å². The lowest BCUT2D eigenvalue weighted by Crippen LogP contribution is -2.18. The third-order valence-corrected chi connectivity index (χ3v) is 2.57. The van der Waals surface area contributed by atoms with Crippen LogP contribution in [0.4, 0.5) is 13.2 Å². The third kappa shape index (κ3) is 5.07. The highest BCUT2D eigenvalue weighted by molar-refractivity contribution is 9.10. The molecule has 0 aliphatic heterocycles. The first kappa shape index (κ1) is 15.8. The van der Waals surface area contributed by atoms with Crippen molar-refractivity contribution in [2.75, 3.05) is 20.3 Å². The van der Waals surface area contributed by atoms with E-state index < -0.39 is 13.0 Å². The fraction of sp³-hybridized carbons (Fsp3) is 0.364. The van der Waals surface area contributed by atoms with Crippen LogP contribution in [0.15, 0.2) is 16.6 Å². The van der Waals surface area contributed by atoms with Crippen LogP contribution in [-0.4, -0.2) is 33.0 Å². The molecule has 0 fully saturated rings. The van der Waals surface area contributed by atoms with E-state index in [-0.39, 0.29) is 18.1 Å². The molecular formula is C11H10BrF3O4. The first-order valence-electron chi connectivity index (χ1n) is 5.03. The molecular weight excluding hydrogens is 333 g/mol. The second-order valence-electron chi connectivity index (χ2n) is 3.29. The molecule has 19 heavy (non-hydrogen) atoms. The van der Waals surface area contributed by atoms with Crippen molar-refractivity contribution in [3.8, 4) is 11.5 Å². The Bertz CT molecular complexity index is 448. The molecule has 1 rings (SSSR count). The first-order valence-corrected chi connectivity index (χ1v) is 5.83. The largest absolute Gasteiger partial charge is 0.522 e. The Kier molecular flexibility index (Phi) is 5.61. The van der Waals surface area contributed by atoms with E-state index in [1.165, 1.54) is 19.2 Å². The summed E-state index contributed by atoms with van der Waals surface area (Å²) >= 11 is 3.14. The zero-order chi connectivity index (χ0) is 14.5. The van der Waals surface area contributed by atoms with E-state index in [9.17, 15) is 18.0 Å². The number of ether oxygens (including phenoxy) is 3. The van der Waals surface area contributed by atoms with Crippen molar-refractivity contribution >= 4 is 22.2 Å². The molecule has 0 bridgehead atoms. The molecule has 4 nitrogen and oxygen atoms in total. The van der Waals surface area contributed by atoms with Gasteiger partial charge in [-0.2, -0.15) is 0 Å². The summed E-state index contributed by atoms with van der Waals surface area (Å²) in [5.74, 6) is 0.447. The van der Waals surface area contributed by atoms with Crippen LogP contribution in [0.2, 0.25) is 0 Å². The fourth-order valence-corrected chi connectivity index (χ4v) is 1.82.